The molecule has 2 amide bonds. The highest BCUT2D eigenvalue weighted by Crippen LogP contribution is 2.31. The van der Waals surface area contributed by atoms with E-state index in [2.05, 4.69) is 20.5 Å². The number of carbonyl (C=O) groups is 2. The van der Waals surface area contributed by atoms with Crippen LogP contribution in [-0.2, 0) is 27.4 Å². The van der Waals surface area contributed by atoms with Crippen molar-refractivity contribution in [1.29, 1.82) is 0 Å². The number of benzene rings is 4. The average Bonchev–Trinajstić information content (AvgIpc) is 3.46. The van der Waals surface area contributed by atoms with Crippen molar-refractivity contribution in [2.45, 2.75) is 19.1 Å². The van der Waals surface area contributed by atoms with Crippen molar-refractivity contribution in [3.05, 3.63) is 120 Å². The summed E-state index contributed by atoms with van der Waals surface area (Å²) in [7, 11) is 0. The molecule has 1 N–H and O–H groups in total. The van der Waals surface area contributed by atoms with E-state index in [4.69, 9.17) is 4.74 Å². The largest absolute Gasteiger partial charge is 0.378 e. The Morgan fingerprint density at radius 1 is 0.884 bits per heavy atom. The van der Waals surface area contributed by atoms with Crippen molar-refractivity contribution in [2.75, 3.05) is 36.1 Å². The first-order valence-electron chi connectivity index (χ1n) is 14.2. The molecule has 0 spiro atoms. The van der Waals surface area contributed by atoms with Crippen LogP contribution in [0.15, 0.2) is 103 Å². The van der Waals surface area contributed by atoms with E-state index < -0.39 is 17.8 Å². The van der Waals surface area contributed by atoms with Crippen LogP contribution in [0.4, 0.5) is 15.8 Å². The number of carbonyl (C=O) groups excluding carboxylic acids is 2. The van der Waals surface area contributed by atoms with E-state index in [1.165, 1.54) is 33.8 Å². The maximum Gasteiger partial charge on any atom is 0.249 e. The van der Waals surface area contributed by atoms with Crippen molar-refractivity contribution >= 4 is 34.2 Å². The lowest BCUT2D eigenvalue weighted by Gasteiger charge is -2.32. The van der Waals surface area contributed by atoms with Crippen LogP contribution in [0.25, 0.3) is 11.0 Å². The second-order valence-corrected chi connectivity index (χ2v) is 10.3. The van der Waals surface area contributed by atoms with Gasteiger partial charge in [0, 0.05) is 31.0 Å². The zero-order chi connectivity index (χ0) is 29.6. The minimum absolute atomic E-state index is 0.174. The van der Waals surface area contributed by atoms with E-state index in [1.54, 1.807) is 0 Å². The predicted octanol–water partition coefficient (Wildman–Crippen LogP) is 4.50. The van der Waals surface area contributed by atoms with E-state index in [0.717, 1.165) is 24.3 Å². The minimum Gasteiger partial charge on any atom is -0.378 e. The summed E-state index contributed by atoms with van der Waals surface area (Å²) in [6.45, 7) is 2.94. The Morgan fingerprint density at radius 2 is 1.58 bits per heavy atom. The number of anilines is 2. The van der Waals surface area contributed by atoms with E-state index in [0.29, 0.717) is 35.5 Å². The van der Waals surface area contributed by atoms with Gasteiger partial charge >= 0.3 is 0 Å². The molecule has 6 rings (SSSR count). The summed E-state index contributed by atoms with van der Waals surface area (Å²) in [6.07, 6.45) is 0. The van der Waals surface area contributed by atoms with Crippen LogP contribution in [0.5, 0.6) is 0 Å². The van der Waals surface area contributed by atoms with Gasteiger partial charge in [-0.3, -0.25) is 14.5 Å². The molecule has 1 fully saturated rings. The first-order chi connectivity index (χ1) is 21.1. The molecule has 0 radical (unpaired) electrons. The zero-order valence-corrected chi connectivity index (χ0v) is 23.5. The molecule has 1 aliphatic rings. The van der Waals surface area contributed by atoms with Crippen molar-refractivity contribution in [1.82, 2.24) is 20.3 Å². The highest BCUT2D eigenvalue weighted by atomic mass is 19.1. The molecule has 2 heterocycles. The summed E-state index contributed by atoms with van der Waals surface area (Å²) < 4.78 is 21.0. The smallest absolute Gasteiger partial charge is 0.249 e. The van der Waals surface area contributed by atoms with Crippen molar-refractivity contribution < 1.29 is 18.7 Å². The second kappa shape index (κ2) is 12.8. The Kier molecular flexibility index (Phi) is 8.37. The molecule has 0 aliphatic carbocycles. The predicted molar refractivity (Wildman–Crippen MR) is 162 cm³/mol. The molecule has 1 aromatic heterocycles. The van der Waals surface area contributed by atoms with E-state index in [9.17, 15) is 14.0 Å². The van der Waals surface area contributed by atoms with Crippen LogP contribution in [0.3, 0.4) is 0 Å². The number of ether oxygens (including phenoxy) is 1. The third-order valence-corrected chi connectivity index (χ3v) is 7.48. The van der Waals surface area contributed by atoms with Crippen LogP contribution in [0.1, 0.15) is 17.2 Å². The number of fused-ring (bicyclic) bond motifs is 1. The average molecular weight is 579 g/mol. The zero-order valence-electron chi connectivity index (χ0n) is 23.5. The molecule has 218 valence electrons. The van der Waals surface area contributed by atoms with E-state index in [1.807, 2.05) is 78.9 Å². The molecule has 9 nitrogen and oxygen atoms in total. The number of rotatable bonds is 9. The first kappa shape index (κ1) is 28.0. The van der Waals surface area contributed by atoms with Gasteiger partial charge < -0.3 is 15.0 Å². The van der Waals surface area contributed by atoms with Gasteiger partial charge in [-0.1, -0.05) is 59.8 Å². The van der Waals surface area contributed by atoms with Crippen LogP contribution in [-0.4, -0.2) is 53.1 Å². The summed E-state index contributed by atoms with van der Waals surface area (Å²) in [6, 6.07) is 29.1. The fourth-order valence-corrected chi connectivity index (χ4v) is 5.27. The van der Waals surface area contributed by atoms with Gasteiger partial charge in [-0.25, -0.2) is 9.07 Å². The third kappa shape index (κ3) is 6.39. The standard InChI is InChI=1S/C33H31FN6O3/c34-26-12-16-28(17-13-26)40(31(41)23-39-30-9-5-4-8-29(30)36-37-39)32(33(42)35-22-24-6-2-1-3-7-24)25-10-14-27(15-11-25)38-18-20-43-21-19-38/h1-17,32H,18-23H2,(H,35,42)/t32-/m0/s1. The summed E-state index contributed by atoms with van der Waals surface area (Å²) in [5, 5.41) is 11.4. The quantitative estimate of drug-likeness (QED) is 0.277. The van der Waals surface area contributed by atoms with Gasteiger partial charge in [0.1, 0.15) is 23.9 Å². The van der Waals surface area contributed by atoms with Gasteiger partial charge in [0.2, 0.25) is 11.8 Å². The van der Waals surface area contributed by atoms with Crippen molar-refractivity contribution in [3.8, 4) is 0 Å². The molecule has 1 aliphatic heterocycles. The molecule has 0 bridgehead atoms. The van der Waals surface area contributed by atoms with Gasteiger partial charge in [-0.05, 0) is 59.7 Å². The van der Waals surface area contributed by atoms with E-state index >= 15 is 0 Å². The fraction of sp³-hybridized carbons (Fsp3) is 0.212. The monoisotopic (exact) mass is 578 g/mol. The lowest BCUT2D eigenvalue weighted by molar-refractivity contribution is -0.127. The number of para-hydroxylation sites is 1. The molecule has 0 unspecified atom stereocenters. The highest BCUT2D eigenvalue weighted by Gasteiger charge is 2.33. The van der Waals surface area contributed by atoms with Crippen LogP contribution in [0.2, 0.25) is 0 Å². The highest BCUT2D eigenvalue weighted by molar-refractivity contribution is 6.01. The summed E-state index contributed by atoms with van der Waals surface area (Å²) in [4.78, 5) is 31.9. The Morgan fingerprint density at radius 3 is 2.33 bits per heavy atom. The lowest BCUT2D eigenvalue weighted by atomic mass is 10.0. The minimum atomic E-state index is -1.05. The second-order valence-electron chi connectivity index (χ2n) is 10.3. The van der Waals surface area contributed by atoms with Gasteiger partial charge in [0.25, 0.3) is 0 Å². The molecule has 4 aromatic carbocycles. The Hall–Kier alpha value is -5.09. The fourth-order valence-electron chi connectivity index (χ4n) is 5.27. The Bertz CT molecular complexity index is 1690. The molecule has 5 aromatic rings. The first-order valence-corrected chi connectivity index (χ1v) is 14.2. The topological polar surface area (TPSA) is 92.6 Å². The Labute approximate surface area is 248 Å². The Balaban J connectivity index is 1.38. The maximum atomic E-state index is 14.2. The number of morpholine rings is 1. The van der Waals surface area contributed by atoms with Gasteiger partial charge in [0.05, 0.1) is 18.7 Å². The maximum absolute atomic E-state index is 14.2. The molecule has 1 atom stereocenters. The molecule has 43 heavy (non-hydrogen) atoms. The van der Waals surface area contributed by atoms with Gasteiger partial charge in [-0.2, -0.15) is 0 Å². The summed E-state index contributed by atoms with van der Waals surface area (Å²) in [5.74, 6) is -1.22. The SMILES string of the molecule is O=C(NCc1ccccc1)[C@H](c1ccc(N2CCOCC2)cc1)N(C(=O)Cn1nnc2ccccc21)c1ccc(F)cc1. The normalized spacial score (nSPS) is 13.9. The number of halogens is 1. The number of hydrogen-bond acceptors (Lipinski definition) is 6. The number of nitrogens with zero attached hydrogens (tertiary/aromatic N) is 5. The van der Waals surface area contributed by atoms with Crippen LogP contribution in [0, 0.1) is 5.82 Å². The number of aromatic nitrogens is 3. The molecular formula is C33H31FN6O3. The van der Waals surface area contributed by atoms with Gasteiger partial charge in [-0.15, -0.1) is 5.10 Å². The van der Waals surface area contributed by atoms with Crippen molar-refractivity contribution in [2.24, 2.45) is 0 Å². The molecule has 0 saturated carbocycles. The van der Waals surface area contributed by atoms with Crippen LogP contribution < -0.4 is 15.1 Å². The molecular weight excluding hydrogens is 547 g/mol. The summed E-state index contributed by atoms with van der Waals surface area (Å²) >= 11 is 0. The van der Waals surface area contributed by atoms with Crippen LogP contribution >= 0.6 is 0 Å². The van der Waals surface area contributed by atoms with E-state index in [-0.39, 0.29) is 19.0 Å². The number of hydrogen-bond donors (Lipinski definition) is 1. The number of nitrogens with one attached hydrogen (secondary N) is 1. The number of amides is 2. The molecule has 10 heteroatoms. The van der Waals surface area contributed by atoms with Gasteiger partial charge in [0.15, 0.2) is 0 Å². The van der Waals surface area contributed by atoms with Crippen molar-refractivity contribution in [3.63, 3.8) is 0 Å². The third-order valence-electron chi connectivity index (χ3n) is 7.48. The lowest BCUT2D eigenvalue weighted by Crippen LogP contribution is -2.45. The summed E-state index contributed by atoms with van der Waals surface area (Å²) in [5.41, 5.74) is 4.27. The molecule has 1 saturated heterocycles.